The van der Waals surface area contributed by atoms with Gasteiger partial charge in [-0.1, -0.05) is 0 Å². The molecule has 1 aromatic carbocycles. The second-order valence-electron chi connectivity index (χ2n) is 8.49. The van der Waals surface area contributed by atoms with Gasteiger partial charge >= 0.3 is 0 Å². The first-order chi connectivity index (χ1) is 10.4. The topological polar surface area (TPSA) is 90.2 Å². The Bertz CT molecular complexity index is 555. The Morgan fingerprint density at radius 1 is 0.625 bits per heavy atom. The molecule has 0 fully saturated rings. The van der Waals surface area contributed by atoms with Gasteiger partial charge in [0, 0.05) is 11.1 Å². The molecular weight excluding hydrogens is 308 g/mol. The van der Waals surface area contributed by atoms with E-state index in [0.717, 1.165) is 0 Å². The normalized spacial score (nSPS) is 14.0. The summed E-state index contributed by atoms with van der Waals surface area (Å²) >= 11 is 0. The Morgan fingerprint density at radius 3 is 1.08 bits per heavy atom. The van der Waals surface area contributed by atoms with Crippen LogP contribution < -0.4 is 4.74 Å². The lowest BCUT2D eigenvalue weighted by Gasteiger charge is -2.37. The molecule has 0 aliphatic rings. The summed E-state index contributed by atoms with van der Waals surface area (Å²) in [5, 5.41) is 42.6. The number of ether oxygens (including phenoxy) is 1. The number of aliphatic hydroxyl groups is 4. The maximum Gasteiger partial charge on any atom is 0.131 e. The molecule has 1 rings (SSSR count). The van der Waals surface area contributed by atoms with Gasteiger partial charge in [-0.3, -0.25) is 0 Å². The van der Waals surface area contributed by atoms with Crippen molar-refractivity contribution in [2.45, 2.75) is 77.8 Å². The van der Waals surface area contributed by atoms with Gasteiger partial charge in [-0.15, -0.1) is 0 Å². The van der Waals surface area contributed by atoms with Gasteiger partial charge in [0.2, 0.25) is 0 Å². The van der Waals surface area contributed by atoms with E-state index < -0.39 is 22.4 Å². The molecule has 1 aromatic rings. The molecule has 24 heavy (non-hydrogen) atoms. The molecule has 0 atom stereocenters. The molecule has 0 aliphatic heterocycles. The van der Waals surface area contributed by atoms with Gasteiger partial charge in [-0.05, 0) is 72.6 Å². The standard InChI is InChI=1S/C19H32O5/c1-16(2,20)11-10-12(17(3,4)21)14(19(7,8)23)15(24-9)13(11)18(5,6)22/h10,20-23H,1-9H3. The molecule has 0 amide bonds. The summed E-state index contributed by atoms with van der Waals surface area (Å²) in [6.45, 7) is 12.8. The van der Waals surface area contributed by atoms with Crippen LogP contribution in [0.4, 0.5) is 0 Å². The minimum absolute atomic E-state index is 0.270. The van der Waals surface area contributed by atoms with Crippen LogP contribution in [0.25, 0.3) is 0 Å². The highest BCUT2D eigenvalue weighted by atomic mass is 16.5. The third-order valence-electron chi connectivity index (χ3n) is 4.03. The quantitative estimate of drug-likeness (QED) is 0.661. The van der Waals surface area contributed by atoms with Crippen LogP contribution in [0.2, 0.25) is 0 Å². The van der Waals surface area contributed by atoms with Crippen molar-refractivity contribution < 1.29 is 25.2 Å². The SMILES string of the molecule is COc1c(C(C)(C)O)c(C(C)(C)O)cc(C(C)(C)O)c1C(C)(C)O. The van der Waals surface area contributed by atoms with Gasteiger partial charge in [-0.25, -0.2) is 0 Å². The van der Waals surface area contributed by atoms with E-state index in [9.17, 15) is 20.4 Å². The average Bonchev–Trinajstić information content (AvgIpc) is 2.31. The Morgan fingerprint density at radius 2 is 0.917 bits per heavy atom. The van der Waals surface area contributed by atoms with E-state index >= 15 is 0 Å². The first-order valence-corrected chi connectivity index (χ1v) is 8.08. The zero-order valence-corrected chi connectivity index (χ0v) is 16.3. The number of hydrogen-bond donors (Lipinski definition) is 4. The van der Waals surface area contributed by atoms with Crippen LogP contribution in [0.5, 0.6) is 5.75 Å². The molecule has 0 unspecified atom stereocenters. The summed E-state index contributed by atoms with van der Waals surface area (Å²) in [5.41, 5.74) is -3.53. The van der Waals surface area contributed by atoms with Crippen LogP contribution in [0.3, 0.4) is 0 Å². The molecule has 5 nitrogen and oxygen atoms in total. The van der Waals surface area contributed by atoms with E-state index in [1.165, 1.54) is 7.11 Å². The van der Waals surface area contributed by atoms with Crippen LogP contribution in [0, 0.1) is 0 Å². The first kappa shape index (κ1) is 20.9. The zero-order chi connectivity index (χ0) is 19.3. The van der Waals surface area contributed by atoms with Crippen LogP contribution in [-0.2, 0) is 22.4 Å². The van der Waals surface area contributed by atoms with Crippen LogP contribution in [-0.4, -0.2) is 27.5 Å². The van der Waals surface area contributed by atoms with Crippen molar-refractivity contribution in [3.05, 3.63) is 28.3 Å². The Hall–Kier alpha value is -1.14. The van der Waals surface area contributed by atoms with Crippen LogP contribution in [0.15, 0.2) is 6.07 Å². The fourth-order valence-corrected chi connectivity index (χ4v) is 3.04. The minimum Gasteiger partial charge on any atom is -0.496 e. The largest absolute Gasteiger partial charge is 0.496 e. The highest BCUT2D eigenvalue weighted by Crippen LogP contribution is 2.47. The number of methoxy groups -OCH3 is 1. The maximum absolute atomic E-state index is 10.7. The molecule has 0 saturated carbocycles. The summed E-state index contributed by atoms with van der Waals surface area (Å²) in [7, 11) is 1.45. The van der Waals surface area contributed by atoms with Crippen LogP contribution >= 0.6 is 0 Å². The lowest BCUT2D eigenvalue weighted by molar-refractivity contribution is 0.0378. The summed E-state index contributed by atoms with van der Waals surface area (Å²) in [6, 6.07) is 1.64. The molecule has 5 heteroatoms. The average molecular weight is 340 g/mol. The molecule has 0 saturated heterocycles. The monoisotopic (exact) mass is 340 g/mol. The van der Waals surface area contributed by atoms with Gasteiger partial charge in [0.15, 0.2) is 0 Å². The van der Waals surface area contributed by atoms with Gasteiger partial charge in [0.25, 0.3) is 0 Å². The van der Waals surface area contributed by atoms with E-state index in [1.54, 1.807) is 61.5 Å². The second kappa shape index (κ2) is 5.99. The Labute approximate surface area is 144 Å². The molecule has 0 aromatic heterocycles. The van der Waals surface area contributed by atoms with Gasteiger partial charge in [-0.2, -0.15) is 0 Å². The fourth-order valence-electron chi connectivity index (χ4n) is 3.04. The first-order valence-electron chi connectivity index (χ1n) is 8.08. The van der Waals surface area contributed by atoms with Crippen molar-refractivity contribution in [3.8, 4) is 5.75 Å². The molecule has 0 bridgehead atoms. The fraction of sp³-hybridized carbons (Fsp3) is 0.684. The molecule has 0 heterocycles. The van der Waals surface area contributed by atoms with Gasteiger partial charge in [0.1, 0.15) is 5.75 Å². The summed E-state index contributed by atoms with van der Waals surface area (Å²) in [5.74, 6) is 0.270. The summed E-state index contributed by atoms with van der Waals surface area (Å²) < 4.78 is 5.56. The van der Waals surface area contributed by atoms with Crippen LogP contribution in [0.1, 0.15) is 77.6 Å². The third-order valence-corrected chi connectivity index (χ3v) is 4.03. The number of rotatable bonds is 5. The van der Waals surface area contributed by atoms with Crippen molar-refractivity contribution in [2.75, 3.05) is 7.11 Å². The van der Waals surface area contributed by atoms with Crippen molar-refractivity contribution >= 4 is 0 Å². The van der Waals surface area contributed by atoms with E-state index in [1.807, 2.05) is 0 Å². The van der Waals surface area contributed by atoms with Crippen molar-refractivity contribution in [1.82, 2.24) is 0 Å². The van der Waals surface area contributed by atoms with E-state index in [0.29, 0.717) is 22.3 Å². The number of benzene rings is 1. The molecule has 0 spiro atoms. The third kappa shape index (κ3) is 4.09. The Balaban J connectivity index is 4.19. The van der Waals surface area contributed by atoms with Crippen molar-refractivity contribution in [2.24, 2.45) is 0 Å². The number of hydrogen-bond acceptors (Lipinski definition) is 5. The van der Waals surface area contributed by atoms with Gasteiger partial charge < -0.3 is 25.2 Å². The molecule has 0 radical (unpaired) electrons. The van der Waals surface area contributed by atoms with Crippen molar-refractivity contribution in [1.29, 1.82) is 0 Å². The highest BCUT2D eigenvalue weighted by Gasteiger charge is 2.40. The smallest absolute Gasteiger partial charge is 0.131 e. The summed E-state index contributed by atoms with van der Waals surface area (Å²) in [6.07, 6.45) is 0. The predicted molar refractivity (Wildman–Crippen MR) is 94.0 cm³/mol. The molecule has 0 aliphatic carbocycles. The second-order valence-corrected chi connectivity index (χ2v) is 8.49. The predicted octanol–water partition coefficient (Wildman–Crippen LogP) is 2.60. The minimum atomic E-state index is -1.32. The van der Waals surface area contributed by atoms with Gasteiger partial charge in [0.05, 0.1) is 29.5 Å². The molecule has 4 N–H and O–H groups in total. The molecular formula is C19H32O5. The van der Waals surface area contributed by atoms with E-state index in [2.05, 4.69) is 0 Å². The zero-order valence-electron chi connectivity index (χ0n) is 16.3. The molecule has 138 valence electrons. The van der Waals surface area contributed by atoms with Crippen molar-refractivity contribution in [3.63, 3.8) is 0 Å². The summed E-state index contributed by atoms with van der Waals surface area (Å²) in [4.78, 5) is 0. The lowest BCUT2D eigenvalue weighted by atomic mass is 9.76. The van der Waals surface area contributed by atoms with E-state index in [4.69, 9.17) is 4.74 Å². The Kier molecular flexibility index (Phi) is 5.21. The lowest BCUT2D eigenvalue weighted by Crippen LogP contribution is -2.33. The maximum atomic E-state index is 10.7. The highest BCUT2D eigenvalue weighted by molar-refractivity contribution is 5.58. The van der Waals surface area contributed by atoms with E-state index in [-0.39, 0.29) is 5.75 Å².